The van der Waals surface area contributed by atoms with Gasteiger partial charge in [0.05, 0.1) is 28.2 Å². The van der Waals surface area contributed by atoms with Gasteiger partial charge in [-0.05, 0) is 75.2 Å². The fourth-order valence-corrected chi connectivity index (χ4v) is 4.70. The first kappa shape index (κ1) is 25.8. The Labute approximate surface area is 210 Å². The van der Waals surface area contributed by atoms with Crippen LogP contribution < -0.4 is 9.73 Å². The highest BCUT2D eigenvalue weighted by molar-refractivity contribution is 7.92. The molecule has 3 aromatic rings. The van der Waals surface area contributed by atoms with E-state index in [2.05, 4.69) is 10.5 Å². The SMILES string of the molecule is Cc1ccc(N(CC(=O)N/N=C/c2cc(C)n(-c3ccc(Cl)c(Cl)c3)c2C)S(C)(=O)=O)cc1C. The lowest BCUT2D eigenvalue weighted by Gasteiger charge is -2.22. The highest BCUT2D eigenvalue weighted by Crippen LogP contribution is 2.27. The number of amides is 1. The highest BCUT2D eigenvalue weighted by atomic mass is 35.5. The van der Waals surface area contributed by atoms with E-state index in [1.54, 1.807) is 24.3 Å². The van der Waals surface area contributed by atoms with Crippen LogP contribution in [-0.4, -0.2) is 37.9 Å². The van der Waals surface area contributed by atoms with E-state index >= 15 is 0 Å². The van der Waals surface area contributed by atoms with Crippen LogP contribution in [0.1, 0.15) is 28.1 Å². The Kier molecular flexibility index (Phi) is 7.75. The van der Waals surface area contributed by atoms with Crippen molar-refractivity contribution in [2.24, 2.45) is 5.10 Å². The van der Waals surface area contributed by atoms with Gasteiger partial charge in [0, 0.05) is 22.6 Å². The van der Waals surface area contributed by atoms with Crippen LogP contribution in [0.15, 0.2) is 47.6 Å². The molecule has 0 saturated carbocycles. The van der Waals surface area contributed by atoms with E-state index in [-0.39, 0.29) is 6.54 Å². The predicted octanol–water partition coefficient (Wildman–Crippen LogP) is 4.93. The first-order valence-corrected chi connectivity index (χ1v) is 13.0. The quantitative estimate of drug-likeness (QED) is 0.353. The molecular weight excluding hydrogens is 495 g/mol. The summed E-state index contributed by atoms with van der Waals surface area (Å²) < 4.78 is 27.7. The Morgan fingerprint density at radius 1 is 1.03 bits per heavy atom. The van der Waals surface area contributed by atoms with Gasteiger partial charge in [-0.15, -0.1) is 0 Å². The second-order valence-electron chi connectivity index (χ2n) is 8.09. The van der Waals surface area contributed by atoms with Gasteiger partial charge >= 0.3 is 0 Å². The Hall–Kier alpha value is -2.81. The maximum Gasteiger partial charge on any atom is 0.260 e. The van der Waals surface area contributed by atoms with Crippen LogP contribution in [0.2, 0.25) is 10.0 Å². The number of nitrogens with zero attached hydrogens (tertiary/aromatic N) is 3. The molecule has 7 nitrogen and oxygen atoms in total. The first-order valence-electron chi connectivity index (χ1n) is 10.4. The van der Waals surface area contributed by atoms with Gasteiger partial charge in [0.1, 0.15) is 6.54 Å². The van der Waals surface area contributed by atoms with Crippen molar-refractivity contribution in [3.8, 4) is 5.69 Å². The lowest BCUT2D eigenvalue weighted by molar-refractivity contribution is -0.119. The zero-order valence-corrected chi connectivity index (χ0v) is 21.9. The van der Waals surface area contributed by atoms with Crippen molar-refractivity contribution >= 4 is 51.0 Å². The van der Waals surface area contributed by atoms with Gasteiger partial charge in [-0.1, -0.05) is 29.3 Å². The third-order valence-electron chi connectivity index (χ3n) is 5.49. The minimum atomic E-state index is -3.67. The third-order valence-corrected chi connectivity index (χ3v) is 7.37. The van der Waals surface area contributed by atoms with E-state index in [0.717, 1.165) is 44.3 Å². The topological polar surface area (TPSA) is 83.8 Å². The normalized spacial score (nSPS) is 11.7. The van der Waals surface area contributed by atoms with E-state index in [4.69, 9.17) is 23.2 Å². The molecule has 34 heavy (non-hydrogen) atoms. The summed E-state index contributed by atoms with van der Waals surface area (Å²) in [7, 11) is -3.67. The maximum atomic E-state index is 12.5. The molecule has 0 aliphatic carbocycles. The molecule has 2 aromatic carbocycles. The number of nitrogens with one attached hydrogen (secondary N) is 1. The van der Waals surface area contributed by atoms with Crippen molar-refractivity contribution in [1.82, 2.24) is 9.99 Å². The first-order chi connectivity index (χ1) is 15.9. The molecule has 0 saturated heterocycles. The molecule has 0 spiro atoms. The Bertz CT molecular complexity index is 1380. The molecule has 0 radical (unpaired) electrons. The summed E-state index contributed by atoms with van der Waals surface area (Å²) in [5.41, 5.74) is 8.29. The molecule has 0 aliphatic heterocycles. The smallest absolute Gasteiger partial charge is 0.260 e. The number of sulfonamides is 1. The van der Waals surface area contributed by atoms with E-state index < -0.39 is 15.9 Å². The minimum Gasteiger partial charge on any atom is -0.318 e. The highest BCUT2D eigenvalue weighted by Gasteiger charge is 2.21. The molecule has 3 rings (SSSR count). The second kappa shape index (κ2) is 10.2. The van der Waals surface area contributed by atoms with Crippen LogP contribution in [0, 0.1) is 27.7 Å². The average molecular weight is 521 g/mol. The maximum absolute atomic E-state index is 12.5. The summed E-state index contributed by atoms with van der Waals surface area (Å²) >= 11 is 12.2. The zero-order valence-electron chi connectivity index (χ0n) is 19.6. The molecule has 1 aromatic heterocycles. The largest absolute Gasteiger partial charge is 0.318 e. The van der Waals surface area contributed by atoms with Crippen molar-refractivity contribution in [1.29, 1.82) is 0 Å². The number of hydrogen-bond acceptors (Lipinski definition) is 4. The van der Waals surface area contributed by atoms with Gasteiger partial charge in [-0.25, -0.2) is 13.8 Å². The second-order valence-corrected chi connectivity index (χ2v) is 10.8. The number of halogens is 2. The van der Waals surface area contributed by atoms with Crippen LogP contribution >= 0.6 is 23.2 Å². The third kappa shape index (κ3) is 5.81. The number of rotatable bonds is 7. The fraction of sp³-hybridized carbons (Fsp3) is 0.250. The van der Waals surface area contributed by atoms with Crippen LogP contribution in [0.3, 0.4) is 0 Å². The molecule has 1 amide bonds. The molecule has 1 N–H and O–H groups in total. The van der Waals surface area contributed by atoms with Crippen molar-refractivity contribution in [2.45, 2.75) is 27.7 Å². The molecule has 180 valence electrons. The lowest BCUT2D eigenvalue weighted by Crippen LogP contribution is -2.39. The number of aromatic nitrogens is 1. The van der Waals surface area contributed by atoms with Gasteiger partial charge in [-0.3, -0.25) is 9.10 Å². The summed E-state index contributed by atoms with van der Waals surface area (Å²) in [6, 6.07) is 12.5. The molecule has 0 fully saturated rings. The average Bonchev–Trinajstić information content (AvgIpc) is 3.03. The number of carbonyl (C=O) groups is 1. The van der Waals surface area contributed by atoms with Crippen molar-refractivity contribution in [2.75, 3.05) is 17.1 Å². The summed E-state index contributed by atoms with van der Waals surface area (Å²) in [5, 5.41) is 4.96. The number of aryl methyl sites for hydroxylation is 3. The van der Waals surface area contributed by atoms with Crippen LogP contribution in [-0.2, 0) is 14.8 Å². The zero-order chi connectivity index (χ0) is 25.2. The number of hydrogen-bond donors (Lipinski definition) is 1. The van der Waals surface area contributed by atoms with Gasteiger partial charge in [-0.2, -0.15) is 5.10 Å². The standard InChI is InChI=1S/C24H26Cl2N4O3S/c1-15-6-7-20(10-16(15)2)29(34(5,32)33)14-24(31)28-27-13-19-11-17(3)30(18(19)4)21-8-9-22(25)23(26)12-21/h6-13H,14H2,1-5H3,(H,28,31)/b27-13+. The molecule has 0 unspecified atom stereocenters. The molecule has 0 bridgehead atoms. The number of anilines is 1. The number of benzene rings is 2. The molecular formula is C24H26Cl2N4O3S. The number of carbonyl (C=O) groups excluding carboxylic acids is 1. The Morgan fingerprint density at radius 3 is 2.35 bits per heavy atom. The van der Waals surface area contributed by atoms with E-state index in [9.17, 15) is 13.2 Å². The van der Waals surface area contributed by atoms with Gasteiger partial charge in [0.2, 0.25) is 10.0 Å². The predicted molar refractivity (Wildman–Crippen MR) is 139 cm³/mol. The van der Waals surface area contributed by atoms with Crippen molar-refractivity contribution in [3.05, 3.63) is 80.6 Å². The summed E-state index contributed by atoms with van der Waals surface area (Å²) in [5.74, 6) is -0.557. The van der Waals surface area contributed by atoms with E-state index in [1.165, 1.54) is 6.21 Å². The lowest BCUT2D eigenvalue weighted by atomic mass is 10.1. The van der Waals surface area contributed by atoms with Crippen LogP contribution in [0.5, 0.6) is 0 Å². The summed E-state index contributed by atoms with van der Waals surface area (Å²) in [6.07, 6.45) is 2.59. The van der Waals surface area contributed by atoms with Gasteiger partial charge in [0.25, 0.3) is 5.91 Å². The molecule has 0 atom stereocenters. The molecule has 1 heterocycles. The van der Waals surface area contributed by atoms with E-state index in [1.807, 2.05) is 50.5 Å². The Morgan fingerprint density at radius 2 is 1.74 bits per heavy atom. The van der Waals surface area contributed by atoms with E-state index in [0.29, 0.717) is 15.7 Å². The molecule has 0 aliphatic rings. The van der Waals surface area contributed by atoms with Crippen molar-refractivity contribution in [3.63, 3.8) is 0 Å². The van der Waals surface area contributed by atoms with Crippen LogP contribution in [0.4, 0.5) is 5.69 Å². The van der Waals surface area contributed by atoms with Gasteiger partial charge < -0.3 is 4.57 Å². The fourth-order valence-electron chi connectivity index (χ4n) is 3.56. The van der Waals surface area contributed by atoms with Crippen molar-refractivity contribution < 1.29 is 13.2 Å². The van der Waals surface area contributed by atoms with Gasteiger partial charge in [0.15, 0.2) is 0 Å². The Balaban J connectivity index is 1.76. The summed E-state index contributed by atoms with van der Waals surface area (Å²) in [4.78, 5) is 12.5. The minimum absolute atomic E-state index is 0.388. The molecule has 10 heteroatoms. The van der Waals surface area contributed by atoms with Crippen LogP contribution in [0.25, 0.3) is 5.69 Å². The summed E-state index contributed by atoms with van der Waals surface area (Å²) in [6.45, 7) is 7.30. The monoisotopic (exact) mass is 520 g/mol. The number of hydrazone groups is 1.